The van der Waals surface area contributed by atoms with Gasteiger partial charge < -0.3 is 10.1 Å². The van der Waals surface area contributed by atoms with Gasteiger partial charge in [-0.3, -0.25) is 9.78 Å². The number of benzene rings is 1. The molecule has 2 aromatic rings. The van der Waals surface area contributed by atoms with E-state index in [1.807, 2.05) is 12.3 Å². The summed E-state index contributed by atoms with van der Waals surface area (Å²) in [6.07, 6.45) is 5.41. The fraction of sp³-hybridized carbons (Fsp3) is 0.565. The van der Waals surface area contributed by atoms with Gasteiger partial charge in [-0.05, 0) is 65.7 Å². The summed E-state index contributed by atoms with van der Waals surface area (Å²) >= 11 is 0. The quantitative estimate of drug-likeness (QED) is 0.866. The molecule has 142 valence electrons. The van der Waals surface area contributed by atoms with Crippen molar-refractivity contribution in [2.24, 2.45) is 22.7 Å². The maximum atomic E-state index is 12.0. The maximum absolute atomic E-state index is 12.0. The molecule has 3 fully saturated rings. The van der Waals surface area contributed by atoms with Gasteiger partial charge in [0.05, 0.1) is 11.6 Å². The molecule has 1 aromatic heterocycles. The number of amides is 1. The number of rotatable bonds is 2. The van der Waals surface area contributed by atoms with Crippen LogP contribution in [0.3, 0.4) is 0 Å². The second-order valence-corrected chi connectivity index (χ2v) is 9.43. The zero-order chi connectivity index (χ0) is 18.8. The average Bonchev–Trinajstić information content (AvgIpc) is 3.14. The fourth-order valence-electron chi connectivity index (χ4n) is 6.59. The van der Waals surface area contributed by atoms with Crippen LogP contribution in [0.25, 0.3) is 10.9 Å². The first-order chi connectivity index (χ1) is 12.9. The molecule has 1 N–H and O–H groups in total. The van der Waals surface area contributed by atoms with Gasteiger partial charge in [0.25, 0.3) is 0 Å². The van der Waals surface area contributed by atoms with Crippen LogP contribution in [0.2, 0.25) is 0 Å². The molecule has 2 bridgehead atoms. The molecule has 4 heteroatoms. The van der Waals surface area contributed by atoms with Crippen LogP contribution in [-0.4, -0.2) is 23.5 Å². The molecule has 1 unspecified atom stereocenters. The number of carbonyl (C=O) groups excluding carboxylic acids is 1. The van der Waals surface area contributed by atoms with E-state index in [9.17, 15) is 4.79 Å². The van der Waals surface area contributed by atoms with Gasteiger partial charge in [0, 0.05) is 31.2 Å². The molecule has 27 heavy (non-hydrogen) atoms. The number of fused-ring (bicyclic) bond motifs is 2. The van der Waals surface area contributed by atoms with E-state index in [0.29, 0.717) is 11.8 Å². The monoisotopic (exact) mass is 364 g/mol. The molecular weight excluding hydrogens is 336 g/mol. The van der Waals surface area contributed by atoms with Crippen molar-refractivity contribution < 1.29 is 9.53 Å². The lowest BCUT2D eigenvalue weighted by Gasteiger charge is -2.53. The van der Waals surface area contributed by atoms with Gasteiger partial charge >= 0.3 is 0 Å². The van der Waals surface area contributed by atoms with Crippen LogP contribution in [0.5, 0.6) is 0 Å². The van der Waals surface area contributed by atoms with Crippen LogP contribution in [0, 0.1) is 22.7 Å². The highest BCUT2D eigenvalue weighted by molar-refractivity contribution is 5.79. The first kappa shape index (κ1) is 17.2. The molecule has 1 aliphatic heterocycles. The van der Waals surface area contributed by atoms with E-state index in [1.54, 1.807) is 6.92 Å². The minimum Gasteiger partial charge on any atom is -0.373 e. The summed E-state index contributed by atoms with van der Waals surface area (Å²) in [5.74, 6) is 1.20. The largest absolute Gasteiger partial charge is 0.373 e. The normalized spacial score (nSPS) is 36.6. The number of pyridine rings is 1. The van der Waals surface area contributed by atoms with Crippen molar-refractivity contribution >= 4 is 16.8 Å². The summed E-state index contributed by atoms with van der Waals surface area (Å²) in [6, 6.07) is 10.9. The zero-order valence-electron chi connectivity index (χ0n) is 16.4. The van der Waals surface area contributed by atoms with Gasteiger partial charge in [0.2, 0.25) is 5.91 Å². The van der Waals surface area contributed by atoms with E-state index in [0.717, 1.165) is 18.5 Å². The topological polar surface area (TPSA) is 51.2 Å². The molecule has 1 spiro atoms. The van der Waals surface area contributed by atoms with Gasteiger partial charge in [0.1, 0.15) is 0 Å². The molecule has 3 aliphatic rings. The Kier molecular flexibility index (Phi) is 3.68. The predicted molar refractivity (Wildman–Crippen MR) is 105 cm³/mol. The molecule has 4 nitrogen and oxygen atoms in total. The van der Waals surface area contributed by atoms with Gasteiger partial charge in [-0.1, -0.05) is 26.0 Å². The number of hydrogen-bond acceptors (Lipinski definition) is 3. The Hall–Kier alpha value is -1.94. The van der Waals surface area contributed by atoms with Crippen molar-refractivity contribution in [2.45, 2.75) is 52.2 Å². The first-order valence-corrected chi connectivity index (χ1v) is 10.2. The lowest BCUT2D eigenvalue weighted by atomic mass is 9.59. The summed E-state index contributed by atoms with van der Waals surface area (Å²) in [6.45, 7) is 7.11. The highest BCUT2D eigenvalue weighted by Crippen LogP contribution is 2.70. The second-order valence-electron chi connectivity index (χ2n) is 9.43. The van der Waals surface area contributed by atoms with E-state index in [2.05, 4.69) is 48.4 Å². The SMILES string of the molecule is CC(=O)N[C@H]1C(C)(C)[C@@H]2C[C@@H]3[C@@H](c4ccc5ncccc5c4)OCCC31C2. The number of nitrogens with zero attached hydrogens (tertiary/aromatic N) is 1. The third kappa shape index (κ3) is 2.39. The van der Waals surface area contributed by atoms with E-state index >= 15 is 0 Å². The second kappa shape index (κ2) is 5.78. The molecule has 0 radical (unpaired) electrons. The zero-order valence-corrected chi connectivity index (χ0v) is 16.4. The van der Waals surface area contributed by atoms with Crippen molar-refractivity contribution in [3.63, 3.8) is 0 Å². The molecule has 2 heterocycles. The Labute approximate surface area is 160 Å². The summed E-state index contributed by atoms with van der Waals surface area (Å²) < 4.78 is 6.36. The molecule has 5 rings (SSSR count). The first-order valence-electron chi connectivity index (χ1n) is 10.2. The molecular formula is C23H28N2O2. The Morgan fingerprint density at radius 3 is 2.96 bits per heavy atom. The smallest absolute Gasteiger partial charge is 0.217 e. The van der Waals surface area contributed by atoms with Gasteiger partial charge in [-0.25, -0.2) is 0 Å². The number of nitrogens with one attached hydrogen (secondary N) is 1. The highest BCUT2D eigenvalue weighted by atomic mass is 16.5. The molecule has 2 saturated carbocycles. The van der Waals surface area contributed by atoms with Gasteiger partial charge in [-0.15, -0.1) is 0 Å². The Morgan fingerprint density at radius 1 is 1.30 bits per heavy atom. The minimum atomic E-state index is 0.0913. The standard InChI is InChI=1S/C23H28N2O2/c1-14(26)25-21-22(2,3)17-12-18-20(27-10-8-23(18,21)13-17)16-6-7-19-15(11-16)5-4-9-24-19/h4-7,9,11,17-18,20-21H,8,10,12-13H2,1-3H3,(H,25,26)/t17-,18-,20-,21+,23?/m1/s1. The molecule has 2 aliphatic carbocycles. The summed E-state index contributed by atoms with van der Waals surface area (Å²) in [5, 5.41) is 4.52. The summed E-state index contributed by atoms with van der Waals surface area (Å²) in [5.41, 5.74) is 2.59. The van der Waals surface area contributed by atoms with Gasteiger partial charge in [-0.2, -0.15) is 0 Å². The predicted octanol–water partition coefficient (Wildman–Crippen LogP) is 4.25. The maximum Gasteiger partial charge on any atom is 0.217 e. The van der Waals surface area contributed by atoms with Crippen molar-refractivity contribution in [2.75, 3.05) is 6.61 Å². The van der Waals surface area contributed by atoms with Crippen LogP contribution in [0.4, 0.5) is 0 Å². The number of hydrogen-bond donors (Lipinski definition) is 1. The minimum absolute atomic E-state index is 0.0913. The third-order valence-corrected chi connectivity index (χ3v) is 7.81. The number of ether oxygens (including phenoxy) is 1. The van der Waals surface area contributed by atoms with E-state index < -0.39 is 0 Å². The molecule has 1 amide bonds. The van der Waals surface area contributed by atoms with E-state index in [1.165, 1.54) is 23.8 Å². The van der Waals surface area contributed by atoms with Crippen molar-refractivity contribution in [1.82, 2.24) is 10.3 Å². The van der Waals surface area contributed by atoms with E-state index in [4.69, 9.17) is 4.74 Å². The lowest BCUT2D eigenvalue weighted by Crippen LogP contribution is -2.58. The third-order valence-electron chi connectivity index (χ3n) is 7.81. The number of carbonyl (C=O) groups is 1. The molecule has 5 atom stereocenters. The van der Waals surface area contributed by atoms with Crippen molar-refractivity contribution in [3.05, 3.63) is 42.1 Å². The lowest BCUT2D eigenvalue weighted by molar-refractivity contribution is -0.135. The molecule has 1 aromatic carbocycles. The van der Waals surface area contributed by atoms with E-state index in [-0.39, 0.29) is 28.9 Å². The Balaban J connectivity index is 1.54. The van der Waals surface area contributed by atoms with Crippen LogP contribution in [0.1, 0.15) is 51.7 Å². The fourth-order valence-corrected chi connectivity index (χ4v) is 6.59. The summed E-state index contributed by atoms with van der Waals surface area (Å²) in [4.78, 5) is 16.4. The van der Waals surface area contributed by atoms with Crippen LogP contribution in [-0.2, 0) is 9.53 Å². The van der Waals surface area contributed by atoms with Crippen LogP contribution >= 0.6 is 0 Å². The summed E-state index contributed by atoms with van der Waals surface area (Å²) in [7, 11) is 0. The van der Waals surface area contributed by atoms with Crippen molar-refractivity contribution in [1.29, 1.82) is 0 Å². The number of aromatic nitrogens is 1. The van der Waals surface area contributed by atoms with Crippen LogP contribution < -0.4 is 5.32 Å². The van der Waals surface area contributed by atoms with Crippen molar-refractivity contribution in [3.8, 4) is 0 Å². The Morgan fingerprint density at radius 2 is 2.15 bits per heavy atom. The average molecular weight is 364 g/mol. The van der Waals surface area contributed by atoms with Crippen LogP contribution in [0.15, 0.2) is 36.5 Å². The highest BCUT2D eigenvalue weighted by Gasteiger charge is 2.68. The van der Waals surface area contributed by atoms with Gasteiger partial charge in [0.15, 0.2) is 0 Å². The Bertz CT molecular complexity index is 908. The molecule has 1 saturated heterocycles.